The predicted molar refractivity (Wildman–Crippen MR) is 95.3 cm³/mol. The van der Waals surface area contributed by atoms with Crippen LogP contribution in [0.25, 0.3) is 11.3 Å². The van der Waals surface area contributed by atoms with Crippen LogP contribution in [0, 0.1) is 0 Å². The van der Waals surface area contributed by atoms with Crippen LogP contribution in [0.5, 0.6) is 0 Å². The van der Waals surface area contributed by atoms with Crippen molar-refractivity contribution in [1.82, 2.24) is 14.3 Å². The average Bonchev–Trinajstić information content (AvgIpc) is 2.63. The minimum Gasteiger partial charge on any atom is -0.354 e. The van der Waals surface area contributed by atoms with Gasteiger partial charge in [-0.1, -0.05) is 37.3 Å². The zero-order valence-corrected chi connectivity index (χ0v) is 14.6. The second-order valence-corrected chi connectivity index (χ2v) is 7.92. The van der Waals surface area contributed by atoms with Crippen molar-refractivity contribution in [2.24, 2.45) is 0 Å². The zero-order valence-electron chi connectivity index (χ0n) is 13.8. The van der Waals surface area contributed by atoms with Gasteiger partial charge in [-0.2, -0.15) is 4.31 Å². The van der Waals surface area contributed by atoms with Crippen LogP contribution in [-0.4, -0.2) is 54.6 Å². The Morgan fingerprint density at radius 2 is 1.75 bits per heavy atom. The summed E-state index contributed by atoms with van der Waals surface area (Å²) in [7, 11) is -3.12. The first kappa shape index (κ1) is 16.9. The van der Waals surface area contributed by atoms with E-state index in [2.05, 4.69) is 14.9 Å². The van der Waals surface area contributed by atoms with Crippen LogP contribution in [0.4, 0.5) is 5.82 Å². The van der Waals surface area contributed by atoms with Gasteiger partial charge in [0.2, 0.25) is 10.0 Å². The van der Waals surface area contributed by atoms with Crippen molar-refractivity contribution in [3.63, 3.8) is 0 Å². The van der Waals surface area contributed by atoms with Crippen molar-refractivity contribution in [3.8, 4) is 11.3 Å². The average molecular weight is 346 g/mol. The molecule has 1 aromatic heterocycles. The Morgan fingerprint density at radius 1 is 1.04 bits per heavy atom. The summed E-state index contributed by atoms with van der Waals surface area (Å²) in [5.41, 5.74) is 1.92. The second kappa shape index (κ2) is 7.27. The minimum absolute atomic E-state index is 0.221. The smallest absolute Gasteiger partial charge is 0.214 e. The molecule has 1 aromatic carbocycles. The summed E-state index contributed by atoms with van der Waals surface area (Å²) in [6, 6.07) is 11.9. The molecule has 0 atom stereocenters. The molecule has 0 N–H and O–H groups in total. The third kappa shape index (κ3) is 3.73. The van der Waals surface area contributed by atoms with Gasteiger partial charge in [-0.15, -0.1) is 0 Å². The van der Waals surface area contributed by atoms with Crippen LogP contribution >= 0.6 is 0 Å². The molecule has 0 amide bonds. The lowest BCUT2D eigenvalue weighted by atomic mass is 10.1. The third-order valence-corrected chi connectivity index (χ3v) is 6.22. The number of anilines is 1. The summed E-state index contributed by atoms with van der Waals surface area (Å²) < 4.78 is 25.9. The summed E-state index contributed by atoms with van der Waals surface area (Å²) in [6.07, 6.45) is 2.22. The Morgan fingerprint density at radius 3 is 2.42 bits per heavy atom. The van der Waals surface area contributed by atoms with Crippen molar-refractivity contribution >= 4 is 15.8 Å². The lowest BCUT2D eigenvalue weighted by molar-refractivity contribution is 0.383. The van der Waals surface area contributed by atoms with Gasteiger partial charge in [-0.3, -0.25) is 0 Å². The van der Waals surface area contributed by atoms with E-state index in [1.54, 1.807) is 10.6 Å². The van der Waals surface area contributed by atoms with E-state index in [1.165, 1.54) is 0 Å². The number of aromatic nitrogens is 2. The van der Waals surface area contributed by atoms with Gasteiger partial charge in [-0.25, -0.2) is 18.4 Å². The summed E-state index contributed by atoms with van der Waals surface area (Å²) in [5, 5.41) is 0. The fraction of sp³-hybridized carbons (Fsp3) is 0.412. The first-order chi connectivity index (χ1) is 11.6. The lowest BCUT2D eigenvalue weighted by Crippen LogP contribution is -2.49. The molecule has 1 saturated heterocycles. The highest BCUT2D eigenvalue weighted by Crippen LogP contribution is 2.21. The van der Waals surface area contributed by atoms with E-state index in [1.807, 2.05) is 43.3 Å². The third-order valence-electron chi connectivity index (χ3n) is 4.14. The molecular weight excluding hydrogens is 324 g/mol. The molecule has 24 heavy (non-hydrogen) atoms. The monoisotopic (exact) mass is 346 g/mol. The largest absolute Gasteiger partial charge is 0.354 e. The summed E-state index contributed by atoms with van der Waals surface area (Å²) in [5.74, 6) is 1.06. The van der Waals surface area contributed by atoms with Gasteiger partial charge >= 0.3 is 0 Å². The van der Waals surface area contributed by atoms with E-state index in [0.717, 1.165) is 17.1 Å². The van der Waals surface area contributed by atoms with E-state index in [0.29, 0.717) is 32.6 Å². The molecule has 0 aliphatic carbocycles. The molecule has 0 bridgehead atoms. The number of rotatable bonds is 5. The zero-order chi connectivity index (χ0) is 17.0. The quantitative estimate of drug-likeness (QED) is 0.828. The molecule has 7 heteroatoms. The van der Waals surface area contributed by atoms with E-state index < -0.39 is 10.0 Å². The summed E-state index contributed by atoms with van der Waals surface area (Å²) in [6.45, 7) is 4.20. The van der Waals surface area contributed by atoms with Crippen LogP contribution in [0.3, 0.4) is 0 Å². The maximum atomic E-state index is 12.1. The van der Waals surface area contributed by atoms with Crippen LogP contribution < -0.4 is 4.90 Å². The second-order valence-electron chi connectivity index (χ2n) is 5.83. The Kier molecular flexibility index (Phi) is 5.11. The molecule has 1 aliphatic rings. The predicted octanol–water partition coefficient (Wildman–Crippen LogP) is 2.01. The number of benzene rings is 1. The van der Waals surface area contributed by atoms with Gasteiger partial charge < -0.3 is 4.90 Å². The Labute approximate surface area is 143 Å². The Hall–Kier alpha value is -1.99. The molecule has 2 aromatic rings. The maximum absolute atomic E-state index is 12.1. The molecule has 0 spiro atoms. The van der Waals surface area contributed by atoms with Gasteiger partial charge in [0, 0.05) is 37.8 Å². The van der Waals surface area contributed by atoms with Crippen LogP contribution in [0.1, 0.15) is 13.3 Å². The summed E-state index contributed by atoms with van der Waals surface area (Å²) in [4.78, 5) is 10.8. The molecule has 6 nitrogen and oxygen atoms in total. The highest BCUT2D eigenvalue weighted by Gasteiger charge is 2.26. The molecule has 2 heterocycles. The van der Waals surface area contributed by atoms with Crippen LogP contribution in [0.2, 0.25) is 0 Å². The first-order valence-electron chi connectivity index (χ1n) is 8.20. The maximum Gasteiger partial charge on any atom is 0.214 e. The molecule has 0 saturated carbocycles. The molecule has 1 aliphatic heterocycles. The highest BCUT2D eigenvalue weighted by atomic mass is 32.2. The van der Waals surface area contributed by atoms with Crippen molar-refractivity contribution in [2.45, 2.75) is 13.3 Å². The molecule has 0 unspecified atom stereocenters. The van der Waals surface area contributed by atoms with Gasteiger partial charge in [0.15, 0.2) is 0 Å². The first-order valence-corrected chi connectivity index (χ1v) is 9.81. The van der Waals surface area contributed by atoms with Gasteiger partial charge in [-0.05, 0) is 6.42 Å². The molecular formula is C17H22N4O2S. The van der Waals surface area contributed by atoms with Crippen molar-refractivity contribution in [3.05, 3.63) is 42.7 Å². The Balaban J connectivity index is 1.71. The fourth-order valence-corrected chi connectivity index (χ4v) is 4.36. The number of hydrogen-bond donors (Lipinski definition) is 0. The molecule has 0 radical (unpaired) electrons. The van der Waals surface area contributed by atoms with Crippen molar-refractivity contribution < 1.29 is 8.42 Å². The number of hydrogen-bond acceptors (Lipinski definition) is 5. The topological polar surface area (TPSA) is 66.4 Å². The van der Waals surface area contributed by atoms with E-state index in [4.69, 9.17) is 0 Å². The highest BCUT2D eigenvalue weighted by molar-refractivity contribution is 7.89. The molecule has 128 valence electrons. The van der Waals surface area contributed by atoms with Crippen molar-refractivity contribution in [1.29, 1.82) is 0 Å². The van der Waals surface area contributed by atoms with E-state index in [-0.39, 0.29) is 5.75 Å². The molecule has 1 fully saturated rings. The van der Waals surface area contributed by atoms with E-state index >= 15 is 0 Å². The van der Waals surface area contributed by atoms with Gasteiger partial charge in [0.1, 0.15) is 12.1 Å². The van der Waals surface area contributed by atoms with Crippen LogP contribution in [0.15, 0.2) is 42.7 Å². The normalized spacial score (nSPS) is 16.3. The standard InChI is InChI=1S/C17H22N4O2S/c1-2-12-24(22,23)21-10-8-20(9-11-21)17-13-16(18-14-19-17)15-6-4-3-5-7-15/h3-7,13-14H,2,8-12H2,1H3. The number of nitrogens with zero attached hydrogens (tertiary/aromatic N) is 4. The van der Waals surface area contributed by atoms with Gasteiger partial charge in [0.05, 0.1) is 11.4 Å². The molecule has 3 rings (SSSR count). The lowest BCUT2D eigenvalue weighted by Gasteiger charge is -2.34. The Bertz CT molecular complexity index is 772. The van der Waals surface area contributed by atoms with Gasteiger partial charge in [0.25, 0.3) is 0 Å². The van der Waals surface area contributed by atoms with Crippen molar-refractivity contribution in [2.75, 3.05) is 36.8 Å². The SMILES string of the molecule is CCCS(=O)(=O)N1CCN(c2cc(-c3ccccc3)ncn2)CC1. The summed E-state index contributed by atoms with van der Waals surface area (Å²) >= 11 is 0. The number of sulfonamides is 1. The number of piperazine rings is 1. The fourth-order valence-electron chi connectivity index (χ4n) is 2.87. The van der Waals surface area contributed by atoms with E-state index in [9.17, 15) is 8.42 Å². The minimum atomic E-state index is -3.12. The van der Waals surface area contributed by atoms with Crippen LogP contribution in [-0.2, 0) is 10.0 Å².